The lowest BCUT2D eigenvalue weighted by atomic mass is 9.86. The summed E-state index contributed by atoms with van der Waals surface area (Å²) in [5.74, 6) is 1.94. The van der Waals surface area contributed by atoms with E-state index in [-0.39, 0.29) is 0 Å². The maximum Gasteiger partial charge on any atom is 0.102 e. The van der Waals surface area contributed by atoms with Gasteiger partial charge in [0.1, 0.15) is 13.1 Å². The highest BCUT2D eigenvalue weighted by atomic mass is 16.5. The van der Waals surface area contributed by atoms with Crippen LogP contribution < -0.4 is 0 Å². The van der Waals surface area contributed by atoms with E-state index in [9.17, 15) is 0 Å². The van der Waals surface area contributed by atoms with Crippen molar-refractivity contribution in [1.82, 2.24) is 0 Å². The van der Waals surface area contributed by atoms with Crippen LogP contribution in [0, 0.1) is 11.8 Å². The van der Waals surface area contributed by atoms with E-state index >= 15 is 0 Å². The fourth-order valence-electron chi connectivity index (χ4n) is 4.61. The minimum absolute atomic E-state index is 0.957. The summed E-state index contributed by atoms with van der Waals surface area (Å²) in [4.78, 5) is 0. The van der Waals surface area contributed by atoms with Gasteiger partial charge in [0.25, 0.3) is 0 Å². The Bertz CT molecular complexity index is 344. The lowest BCUT2D eigenvalue weighted by Gasteiger charge is -2.38. The molecule has 0 aromatic heterocycles. The Balaban J connectivity index is 1.46. The Morgan fingerprint density at radius 1 is 0.900 bits per heavy atom. The van der Waals surface area contributed by atoms with Crippen molar-refractivity contribution in [3.63, 3.8) is 0 Å². The molecule has 0 spiro atoms. The number of likely N-dealkylation sites (N-methyl/N-ethyl adjacent to an activating group) is 1. The SMILES string of the molecule is C[N+]1(CCC[N+]2(C)C[C@H]3CC=CC[C@@H]3C2)CCOCC1. The Hall–Kier alpha value is -0.380. The molecule has 0 amide bonds. The van der Waals surface area contributed by atoms with Crippen molar-refractivity contribution in [1.29, 1.82) is 0 Å². The number of quaternary nitrogens is 2. The highest BCUT2D eigenvalue weighted by Gasteiger charge is 2.42. The van der Waals surface area contributed by atoms with E-state index in [2.05, 4.69) is 26.2 Å². The van der Waals surface area contributed by atoms with Gasteiger partial charge in [-0.2, -0.15) is 0 Å². The summed E-state index contributed by atoms with van der Waals surface area (Å²) < 4.78 is 8.06. The lowest BCUT2D eigenvalue weighted by molar-refractivity contribution is -0.928. The molecule has 2 aliphatic heterocycles. The number of rotatable bonds is 4. The molecule has 114 valence electrons. The number of ether oxygens (including phenoxy) is 1. The number of morpholine rings is 1. The first kappa shape index (κ1) is 14.6. The predicted octanol–water partition coefficient (Wildman–Crippen LogP) is 1.90. The van der Waals surface area contributed by atoms with Crippen molar-refractivity contribution in [2.45, 2.75) is 19.3 Å². The fraction of sp³-hybridized carbons (Fsp3) is 0.882. The van der Waals surface area contributed by atoms with E-state index in [0.29, 0.717) is 0 Å². The lowest BCUT2D eigenvalue weighted by Crippen LogP contribution is -2.53. The van der Waals surface area contributed by atoms with Crippen LogP contribution in [0.3, 0.4) is 0 Å². The molecule has 3 aliphatic rings. The number of likely N-dealkylation sites (tertiary alicyclic amines) is 1. The van der Waals surface area contributed by atoms with Crippen LogP contribution in [0.25, 0.3) is 0 Å². The third-order valence-corrected chi connectivity index (χ3v) is 6.01. The summed E-state index contributed by atoms with van der Waals surface area (Å²) >= 11 is 0. The van der Waals surface area contributed by atoms with E-state index in [1.807, 2.05) is 0 Å². The first-order valence-corrected chi connectivity index (χ1v) is 8.49. The van der Waals surface area contributed by atoms with Crippen LogP contribution in [-0.4, -0.2) is 75.5 Å². The van der Waals surface area contributed by atoms with Gasteiger partial charge in [-0.25, -0.2) is 0 Å². The van der Waals surface area contributed by atoms with Gasteiger partial charge in [-0.15, -0.1) is 0 Å². The molecule has 1 aliphatic carbocycles. The van der Waals surface area contributed by atoms with Crippen LogP contribution in [0.2, 0.25) is 0 Å². The van der Waals surface area contributed by atoms with Crippen LogP contribution in [0.1, 0.15) is 19.3 Å². The molecule has 0 N–H and O–H groups in total. The molecular weight excluding hydrogens is 248 g/mol. The number of nitrogens with zero attached hydrogens (tertiary/aromatic N) is 2. The van der Waals surface area contributed by atoms with E-state index in [1.54, 1.807) is 0 Å². The van der Waals surface area contributed by atoms with Crippen LogP contribution in [-0.2, 0) is 4.74 Å². The second-order valence-electron chi connectivity index (χ2n) is 7.93. The van der Waals surface area contributed by atoms with Gasteiger partial charge < -0.3 is 13.7 Å². The van der Waals surface area contributed by atoms with Crippen LogP contribution in [0.4, 0.5) is 0 Å². The van der Waals surface area contributed by atoms with E-state index < -0.39 is 0 Å². The molecule has 0 radical (unpaired) electrons. The molecule has 2 atom stereocenters. The molecule has 0 saturated carbocycles. The van der Waals surface area contributed by atoms with E-state index in [1.165, 1.54) is 67.5 Å². The molecule has 0 bridgehead atoms. The third-order valence-electron chi connectivity index (χ3n) is 6.01. The van der Waals surface area contributed by atoms with Gasteiger partial charge in [0.2, 0.25) is 0 Å². The predicted molar refractivity (Wildman–Crippen MR) is 82.4 cm³/mol. The van der Waals surface area contributed by atoms with Gasteiger partial charge in [0, 0.05) is 18.3 Å². The Labute approximate surface area is 124 Å². The molecule has 3 nitrogen and oxygen atoms in total. The Morgan fingerprint density at radius 3 is 2.05 bits per heavy atom. The first-order chi connectivity index (χ1) is 9.59. The largest absolute Gasteiger partial charge is 0.370 e. The fourth-order valence-corrected chi connectivity index (χ4v) is 4.61. The van der Waals surface area contributed by atoms with Gasteiger partial charge >= 0.3 is 0 Å². The second kappa shape index (κ2) is 5.78. The smallest absolute Gasteiger partial charge is 0.102 e. The van der Waals surface area contributed by atoms with Crippen molar-refractivity contribution in [3.8, 4) is 0 Å². The second-order valence-corrected chi connectivity index (χ2v) is 7.93. The minimum atomic E-state index is 0.957. The Morgan fingerprint density at radius 2 is 1.45 bits per heavy atom. The van der Waals surface area contributed by atoms with Crippen molar-refractivity contribution in [3.05, 3.63) is 12.2 Å². The highest BCUT2D eigenvalue weighted by Crippen LogP contribution is 2.36. The van der Waals surface area contributed by atoms with Crippen LogP contribution >= 0.6 is 0 Å². The average Bonchev–Trinajstić information content (AvgIpc) is 2.75. The number of allylic oxidation sites excluding steroid dienone is 2. The summed E-state index contributed by atoms with van der Waals surface area (Å²) in [7, 11) is 4.91. The zero-order valence-electron chi connectivity index (χ0n) is 13.4. The van der Waals surface area contributed by atoms with Crippen molar-refractivity contribution in [2.75, 3.05) is 66.6 Å². The maximum absolute atomic E-state index is 5.50. The summed E-state index contributed by atoms with van der Waals surface area (Å²) in [6.07, 6.45) is 8.88. The highest BCUT2D eigenvalue weighted by molar-refractivity contribution is 4.96. The molecule has 2 heterocycles. The number of hydrogen-bond donors (Lipinski definition) is 0. The van der Waals surface area contributed by atoms with Gasteiger partial charge in [-0.05, 0) is 12.8 Å². The summed E-state index contributed by atoms with van der Waals surface area (Å²) in [6, 6.07) is 0. The molecule has 0 aromatic rings. The molecule has 20 heavy (non-hydrogen) atoms. The number of fused-ring (bicyclic) bond motifs is 1. The molecule has 2 saturated heterocycles. The number of hydrogen-bond acceptors (Lipinski definition) is 1. The quantitative estimate of drug-likeness (QED) is 0.564. The summed E-state index contributed by atoms with van der Waals surface area (Å²) in [6.45, 7) is 9.88. The van der Waals surface area contributed by atoms with Crippen LogP contribution in [0.15, 0.2) is 12.2 Å². The molecule has 3 heteroatoms. The molecule has 0 aromatic carbocycles. The van der Waals surface area contributed by atoms with Gasteiger partial charge in [-0.1, -0.05) is 12.2 Å². The zero-order valence-corrected chi connectivity index (χ0v) is 13.4. The average molecular weight is 280 g/mol. The van der Waals surface area contributed by atoms with E-state index in [4.69, 9.17) is 4.74 Å². The zero-order chi connectivity index (χ0) is 14.1. The minimum Gasteiger partial charge on any atom is -0.370 e. The van der Waals surface area contributed by atoms with Crippen LogP contribution in [0.5, 0.6) is 0 Å². The maximum atomic E-state index is 5.50. The monoisotopic (exact) mass is 280 g/mol. The molecular formula is C17H32N2O+2. The topological polar surface area (TPSA) is 9.23 Å². The summed E-state index contributed by atoms with van der Waals surface area (Å²) in [5.41, 5.74) is 0. The van der Waals surface area contributed by atoms with Gasteiger partial charge in [0.05, 0.1) is 53.5 Å². The summed E-state index contributed by atoms with van der Waals surface area (Å²) in [5, 5.41) is 0. The first-order valence-electron chi connectivity index (χ1n) is 8.49. The van der Waals surface area contributed by atoms with Gasteiger partial charge in [-0.3, -0.25) is 0 Å². The standard InChI is InChI=1S/C17H32N2O/c1-18(10-12-20-13-11-18)8-5-9-19(2)14-16-6-3-4-7-17(16)15-19/h3-4,16-17H,5-15H2,1-2H3/q+2/t16-,17-/m1/s1. The normalized spacial score (nSPS) is 34.9. The van der Waals surface area contributed by atoms with Crippen molar-refractivity contribution in [2.24, 2.45) is 11.8 Å². The van der Waals surface area contributed by atoms with Gasteiger partial charge in [0.15, 0.2) is 0 Å². The molecule has 3 rings (SSSR count). The molecule has 0 unspecified atom stereocenters. The molecule has 2 fully saturated rings. The van der Waals surface area contributed by atoms with Crippen molar-refractivity contribution < 1.29 is 13.7 Å². The Kier molecular flexibility index (Phi) is 4.21. The third kappa shape index (κ3) is 3.26. The van der Waals surface area contributed by atoms with E-state index in [0.717, 1.165) is 25.0 Å². The van der Waals surface area contributed by atoms with Crippen molar-refractivity contribution >= 4 is 0 Å².